The van der Waals surface area contributed by atoms with Crippen LogP contribution in [0.4, 0.5) is 17.2 Å². The number of ether oxygens (including phenoxy) is 2. The van der Waals surface area contributed by atoms with E-state index in [1.54, 1.807) is 23.2 Å². The molecule has 0 saturated carbocycles. The van der Waals surface area contributed by atoms with Crippen molar-refractivity contribution in [1.82, 2.24) is 19.5 Å². The van der Waals surface area contributed by atoms with E-state index in [1.165, 1.54) is 12.4 Å². The van der Waals surface area contributed by atoms with E-state index in [4.69, 9.17) is 9.47 Å². The molecule has 32 heavy (non-hydrogen) atoms. The summed E-state index contributed by atoms with van der Waals surface area (Å²) in [5, 5.41) is 6.06. The monoisotopic (exact) mass is 426 g/mol. The maximum atomic E-state index is 12.3. The zero-order valence-electron chi connectivity index (χ0n) is 16.8. The van der Waals surface area contributed by atoms with Gasteiger partial charge in [0, 0.05) is 35.9 Å². The van der Waals surface area contributed by atoms with Crippen LogP contribution in [0.1, 0.15) is 5.56 Å². The van der Waals surface area contributed by atoms with Crippen molar-refractivity contribution in [2.24, 2.45) is 0 Å². The number of anilines is 3. The summed E-state index contributed by atoms with van der Waals surface area (Å²) in [4.78, 5) is 24.7. The Balaban J connectivity index is 1.19. The van der Waals surface area contributed by atoms with Gasteiger partial charge >= 0.3 is 0 Å². The number of hydrogen-bond donors (Lipinski definition) is 2. The molecule has 0 aliphatic carbocycles. The molecule has 0 unspecified atom stereocenters. The second kappa shape index (κ2) is 8.60. The largest absolute Gasteiger partial charge is 0.454 e. The van der Waals surface area contributed by atoms with Gasteiger partial charge in [-0.1, -0.05) is 6.07 Å². The van der Waals surface area contributed by atoms with E-state index in [1.807, 2.05) is 54.7 Å². The number of benzene rings is 2. The number of hydrogen-bond acceptors (Lipinski definition) is 7. The van der Waals surface area contributed by atoms with Crippen LogP contribution >= 0.6 is 0 Å². The zero-order valence-corrected chi connectivity index (χ0v) is 16.8. The molecule has 0 spiro atoms. The Kier molecular flexibility index (Phi) is 5.19. The van der Waals surface area contributed by atoms with Gasteiger partial charge in [0.2, 0.25) is 12.7 Å². The number of nitrogens with one attached hydrogen (secondary N) is 2. The number of nitrogens with zero attached hydrogens (tertiary/aromatic N) is 4. The van der Waals surface area contributed by atoms with Crippen LogP contribution in [0, 0.1) is 0 Å². The van der Waals surface area contributed by atoms with Gasteiger partial charge in [0.15, 0.2) is 11.5 Å². The SMILES string of the molecule is O=C(/C=C/c1ccc2c(c1)OCO2)Nc1ccc(Nc2cc(-n3ccnc3)ncn2)cc1. The number of aromatic nitrogens is 4. The van der Waals surface area contributed by atoms with Crippen molar-refractivity contribution in [1.29, 1.82) is 0 Å². The number of fused-ring (bicyclic) bond motifs is 1. The first-order chi connectivity index (χ1) is 15.7. The summed E-state index contributed by atoms with van der Waals surface area (Å²) >= 11 is 0. The Morgan fingerprint density at radius 3 is 2.69 bits per heavy atom. The normalized spacial score (nSPS) is 12.1. The smallest absolute Gasteiger partial charge is 0.248 e. The molecule has 4 aromatic rings. The summed E-state index contributed by atoms with van der Waals surface area (Å²) in [6.07, 6.45) is 9.85. The lowest BCUT2D eigenvalue weighted by atomic mass is 10.2. The van der Waals surface area contributed by atoms with E-state index in [0.717, 1.165) is 11.3 Å². The first-order valence-electron chi connectivity index (χ1n) is 9.79. The molecule has 3 heterocycles. The molecular weight excluding hydrogens is 408 g/mol. The quantitative estimate of drug-likeness (QED) is 0.452. The molecule has 0 saturated heterocycles. The molecule has 2 N–H and O–H groups in total. The number of rotatable bonds is 6. The average molecular weight is 426 g/mol. The third kappa shape index (κ3) is 4.41. The Bertz CT molecular complexity index is 1270. The topological polar surface area (TPSA) is 103 Å². The van der Waals surface area contributed by atoms with Crippen LogP contribution in [-0.2, 0) is 4.79 Å². The fraction of sp³-hybridized carbons (Fsp3) is 0.0435. The van der Waals surface area contributed by atoms with Crippen molar-refractivity contribution in [3.05, 3.63) is 85.2 Å². The molecule has 1 amide bonds. The first-order valence-corrected chi connectivity index (χ1v) is 9.79. The Hall–Kier alpha value is -4.66. The summed E-state index contributed by atoms with van der Waals surface area (Å²) in [5.41, 5.74) is 2.36. The van der Waals surface area contributed by atoms with Crippen molar-refractivity contribution < 1.29 is 14.3 Å². The first kappa shape index (κ1) is 19.3. The van der Waals surface area contributed by atoms with Gasteiger partial charge in [0.05, 0.1) is 0 Å². The molecule has 0 bridgehead atoms. The van der Waals surface area contributed by atoms with Crippen LogP contribution in [0.15, 0.2) is 79.7 Å². The summed E-state index contributed by atoms with van der Waals surface area (Å²) in [6, 6.07) is 14.7. The Labute approximate surface area is 183 Å². The van der Waals surface area contributed by atoms with Crippen LogP contribution in [0.5, 0.6) is 11.5 Å². The Morgan fingerprint density at radius 1 is 1.00 bits per heavy atom. The van der Waals surface area contributed by atoms with Gasteiger partial charge in [0.1, 0.15) is 24.3 Å². The minimum absolute atomic E-state index is 0.219. The average Bonchev–Trinajstić information content (AvgIpc) is 3.51. The van der Waals surface area contributed by atoms with Gasteiger partial charge in [0.25, 0.3) is 0 Å². The summed E-state index contributed by atoms with van der Waals surface area (Å²) in [5.74, 6) is 2.51. The highest BCUT2D eigenvalue weighted by molar-refractivity contribution is 6.02. The third-order valence-electron chi connectivity index (χ3n) is 4.67. The van der Waals surface area contributed by atoms with E-state index in [-0.39, 0.29) is 12.7 Å². The van der Waals surface area contributed by atoms with Gasteiger partial charge in [-0.2, -0.15) is 0 Å². The fourth-order valence-electron chi connectivity index (χ4n) is 3.11. The van der Waals surface area contributed by atoms with E-state index < -0.39 is 0 Å². The minimum atomic E-state index is -0.232. The summed E-state index contributed by atoms with van der Waals surface area (Å²) < 4.78 is 12.4. The second-order valence-corrected chi connectivity index (χ2v) is 6.87. The molecule has 1 aliphatic rings. The standard InChI is InChI=1S/C23H18N6O3/c30-23(8-2-16-1-7-19-20(11-16)32-15-31-19)28-18-5-3-17(4-6-18)27-21-12-22(26-13-25-21)29-10-9-24-14-29/h1-14H,15H2,(H,28,30)(H,25,26,27)/b8-2+. The van der Waals surface area contributed by atoms with Crippen molar-refractivity contribution in [3.8, 4) is 17.3 Å². The number of carbonyl (C=O) groups excluding carboxylic acids is 1. The summed E-state index contributed by atoms with van der Waals surface area (Å²) in [6.45, 7) is 0.219. The highest BCUT2D eigenvalue weighted by Gasteiger charge is 2.12. The predicted molar refractivity (Wildman–Crippen MR) is 119 cm³/mol. The van der Waals surface area contributed by atoms with Gasteiger partial charge in [-0.3, -0.25) is 9.36 Å². The lowest BCUT2D eigenvalue weighted by molar-refractivity contribution is -0.111. The summed E-state index contributed by atoms with van der Waals surface area (Å²) in [7, 11) is 0. The van der Waals surface area contributed by atoms with Crippen LogP contribution in [0.25, 0.3) is 11.9 Å². The minimum Gasteiger partial charge on any atom is -0.454 e. The van der Waals surface area contributed by atoms with Crippen LogP contribution < -0.4 is 20.1 Å². The highest BCUT2D eigenvalue weighted by atomic mass is 16.7. The Morgan fingerprint density at radius 2 is 1.84 bits per heavy atom. The van der Waals surface area contributed by atoms with Crippen molar-refractivity contribution in [2.75, 3.05) is 17.4 Å². The van der Waals surface area contributed by atoms with Gasteiger partial charge in [-0.15, -0.1) is 0 Å². The zero-order chi connectivity index (χ0) is 21.8. The van der Waals surface area contributed by atoms with Crippen LogP contribution in [-0.4, -0.2) is 32.2 Å². The molecule has 2 aromatic carbocycles. The van der Waals surface area contributed by atoms with E-state index in [9.17, 15) is 4.79 Å². The molecule has 0 radical (unpaired) electrons. The molecular formula is C23H18N6O3. The lowest BCUT2D eigenvalue weighted by Gasteiger charge is -2.08. The number of imidazole rings is 1. The fourth-order valence-corrected chi connectivity index (χ4v) is 3.11. The van der Waals surface area contributed by atoms with Crippen LogP contribution in [0.3, 0.4) is 0 Å². The van der Waals surface area contributed by atoms with Gasteiger partial charge in [-0.25, -0.2) is 15.0 Å². The number of carbonyl (C=O) groups is 1. The van der Waals surface area contributed by atoms with E-state index >= 15 is 0 Å². The van der Waals surface area contributed by atoms with Gasteiger partial charge in [-0.05, 0) is 48.0 Å². The van der Waals surface area contributed by atoms with Crippen molar-refractivity contribution in [2.45, 2.75) is 0 Å². The molecule has 0 atom stereocenters. The molecule has 2 aromatic heterocycles. The molecule has 5 rings (SSSR count). The lowest BCUT2D eigenvalue weighted by Crippen LogP contribution is -2.07. The highest BCUT2D eigenvalue weighted by Crippen LogP contribution is 2.32. The molecule has 1 aliphatic heterocycles. The molecule has 9 heteroatoms. The maximum Gasteiger partial charge on any atom is 0.248 e. The van der Waals surface area contributed by atoms with E-state index in [2.05, 4.69) is 25.6 Å². The van der Waals surface area contributed by atoms with Gasteiger partial charge < -0.3 is 20.1 Å². The second-order valence-electron chi connectivity index (χ2n) is 6.87. The van der Waals surface area contributed by atoms with Crippen LogP contribution in [0.2, 0.25) is 0 Å². The predicted octanol–water partition coefficient (Wildman–Crippen LogP) is 3.79. The molecule has 158 valence electrons. The number of amides is 1. The van der Waals surface area contributed by atoms with E-state index in [0.29, 0.717) is 28.8 Å². The third-order valence-corrected chi connectivity index (χ3v) is 4.67. The molecule has 0 fully saturated rings. The molecule has 9 nitrogen and oxygen atoms in total. The van der Waals surface area contributed by atoms with Crippen molar-refractivity contribution >= 4 is 29.2 Å². The maximum absolute atomic E-state index is 12.3. The van der Waals surface area contributed by atoms with Crippen molar-refractivity contribution in [3.63, 3.8) is 0 Å².